The summed E-state index contributed by atoms with van der Waals surface area (Å²) in [6, 6.07) is 7.38. The highest BCUT2D eigenvalue weighted by Crippen LogP contribution is 2.19. The third kappa shape index (κ3) is 4.05. The minimum Gasteiger partial charge on any atom is -0.307 e. The van der Waals surface area contributed by atoms with Crippen molar-refractivity contribution in [3.63, 3.8) is 0 Å². The van der Waals surface area contributed by atoms with Crippen molar-refractivity contribution < 1.29 is 14.1 Å². The van der Waals surface area contributed by atoms with Crippen LogP contribution in [0.5, 0.6) is 0 Å². The van der Waals surface area contributed by atoms with Crippen molar-refractivity contribution >= 4 is 17.4 Å². The van der Waals surface area contributed by atoms with Gasteiger partial charge in [0.05, 0.1) is 11.5 Å². The minimum absolute atomic E-state index is 0.184. The Balaban J connectivity index is 1.74. The third-order valence-electron chi connectivity index (χ3n) is 4.32. The van der Waals surface area contributed by atoms with Crippen molar-refractivity contribution in [2.24, 2.45) is 0 Å². The number of carbonyl (C=O) groups is 1. The van der Waals surface area contributed by atoms with E-state index in [4.69, 9.17) is 0 Å². The predicted octanol–water partition coefficient (Wildman–Crippen LogP) is 3.07. The first-order valence-electron chi connectivity index (χ1n) is 8.66. The fraction of sp³-hybridized carbons (Fsp3) is 0.278. The molecule has 1 atom stereocenters. The smallest absolute Gasteiger partial charge is 0.307 e. The van der Waals surface area contributed by atoms with E-state index in [0.29, 0.717) is 17.8 Å². The van der Waals surface area contributed by atoms with Crippen molar-refractivity contribution in [3.8, 4) is 0 Å². The number of halogens is 1. The average Bonchev–Trinajstić information content (AvgIpc) is 3.25. The molecule has 2 aromatic heterocycles. The molecule has 0 saturated heterocycles. The quantitative estimate of drug-likeness (QED) is 0.496. The SMILES string of the molecule is CCC(C(=O)Nc1cc(C)n(Cc2ccccc2F)n1)n1cc([N+](=O)[O-])cn1. The molecule has 0 aliphatic rings. The van der Waals surface area contributed by atoms with E-state index in [1.807, 2.05) is 0 Å². The maximum Gasteiger partial charge on any atom is 0.307 e. The summed E-state index contributed by atoms with van der Waals surface area (Å²) in [6.07, 6.45) is 2.71. The molecule has 3 rings (SSSR count). The number of benzene rings is 1. The Hall–Kier alpha value is -3.56. The number of nitrogens with one attached hydrogen (secondary N) is 1. The Morgan fingerprint density at radius 3 is 2.79 bits per heavy atom. The van der Waals surface area contributed by atoms with Crippen LogP contribution in [0.3, 0.4) is 0 Å². The summed E-state index contributed by atoms with van der Waals surface area (Å²) in [5.41, 5.74) is 1.06. The van der Waals surface area contributed by atoms with Gasteiger partial charge in [0.25, 0.3) is 0 Å². The van der Waals surface area contributed by atoms with Crippen LogP contribution in [0.1, 0.15) is 30.6 Å². The Morgan fingerprint density at radius 2 is 2.14 bits per heavy atom. The van der Waals surface area contributed by atoms with E-state index in [0.717, 1.165) is 11.9 Å². The van der Waals surface area contributed by atoms with E-state index in [9.17, 15) is 19.3 Å². The third-order valence-corrected chi connectivity index (χ3v) is 4.32. The highest BCUT2D eigenvalue weighted by Gasteiger charge is 2.23. The van der Waals surface area contributed by atoms with Gasteiger partial charge in [0.15, 0.2) is 5.82 Å². The molecule has 1 unspecified atom stereocenters. The molecule has 28 heavy (non-hydrogen) atoms. The van der Waals surface area contributed by atoms with E-state index in [-0.39, 0.29) is 18.0 Å². The number of anilines is 1. The van der Waals surface area contributed by atoms with E-state index in [1.54, 1.807) is 42.8 Å². The van der Waals surface area contributed by atoms with Gasteiger partial charge in [-0.25, -0.2) is 4.39 Å². The zero-order valence-corrected chi connectivity index (χ0v) is 15.4. The summed E-state index contributed by atoms with van der Waals surface area (Å²) in [6.45, 7) is 3.81. The highest BCUT2D eigenvalue weighted by molar-refractivity contribution is 5.92. The molecule has 2 heterocycles. The lowest BCUT2D eigenvalue weighted by Gasteiger charge is -2.14. The zero-order valence-electron chi connectivity index (χ0n) is 15.4. The Kier molecular flexibility index (Phi) is 5.48. The van der Waals surface area contributed by atoms with Crippen molar-refractivity contribution in [3.05, 3.63) is 69.9 Å². The Labute approximate surface area is 159 Å². The molecule has 1 aromatic carbocycles. The minimum atomic E-state index is -0.717. The van der Waals surface area contributed by atoms with Crippen LogP contribution < -0.4 is 5.32 Å². The molecule has 9 nitrogen and oxygen atoms in total. The number of amides is 1. The van der Waals surface area contributed by atoms with Crippen molar-refractivity contribution in [1.82, 2.24) is 19.6 Å². The molecule has 0 aliphatic heterocycles. The molecule has 0 aliphatic carbocycles. The average molecular weight is 386 g/mol. The molecule has 1 N–H and O–H groups in total. The number of nitrogens with zero attached hydrogens (tertiary/aromatic N) is 5. The van der Waals surface area contributed by atoms with Gasteiger partial charge in [-0.2, -0.15) is 10.2 Å². The zero-order chi connectivity index (χ0) is 20.3. The molecule has 146 valence electrons. The Bertz CT molecular complexity index is 1010. The number of rotatable bonds is 7. The lowest BCUT2D eigenvalue weighted by Crippen LogP contribution is -2.26. The molecular formula is C18H19FN6O3. The maximum absolute atomic E-state index is 13.9. The first-order valence-corrected chi connectivity index (χ1v) is 8.66. The maximum atomic E-state index is 13.9. The van der Waals surface area contributed by atoms with Gasteiger partial charge in [-0.15, -0.1) is 0 Å². The van der Waals surface area contributed by atoms with Gasteiger partial charge in [-0.1, -0.05) is 25.1 Å². The van der Waals surface area contributed by atoms with Gasteiger partial charge < -0.3 is 5.32 Å². The van der Waals surface area contributed by atoms with Crippen molar-refractivity contribution in [2.45, 2.75) is 32.9 Å². The van der Waals surface area contributed by atoms with Crippen molar-refractivity contribution in [1.29, 1.82) is 0 Å². The topological polar surface area (TPSA) is 108 Å². The van der Waals surface area contributed by atoms with Gasteiger partial charge in [0, 0.05) is 17.3 Å². The normalized spacial score (nSPS) is 12.0. The second-order valence-corrected chi connectivity index (χ2v) is 6.27. The lowest BCUT2D eigenvalue weighted by molar-refractivity contribution is -0.385. The summed E-state index contributed by atoms with van der Waals surface area (Å²) in [7, 11) is 0. The lowest BCUT2D eigenvalue weighted by atomic mass is 10.2. The van der Waals surface area contributed by atoms with Gasteiger partial charge in [0.2, 0.25) is 5.91 Å². The summed E-state index contributed by atoms with van der Waals surface area (Å²) >= 11 is 0. The monoisotopic (exact) mass is 386 g/mol. The van der Waals surface area contributed by atoms with Crippen molar-refractivity contribution in [2.75, 3.05) is 5.32 Å². The molecule has 3 aromatic rings. The number of aromatic nitrogens is 4. The van der Waals surface area contributed by atoms with Crippen LogP contribution in [0.15, 0.2) is 42.7 Å². The fourth-order valence-corrected chi connectivity index (χ4v) is 2.81. The number of hydrogen-bond donors (Lipinski definition) is 1. The number of aryl methyl sites for hydroxylation is 1. The molecule has 0 saturated carbocycles. The molecule has 10 heteroatoms. The fourth-order valence-electron chi connectivity index (χ4n) is 2.81. The first kappa shape index (κ1) is 19.2. The van der Waals surface area contributed by atoms with Crippen LogP contribution in [0.25, 0.3) is 0 Å². The van der Waals surface area contributed by atoms with Gasteiger partial charge >= 0.3 is 5.69 Å². The number of hydrogen-bond acceptors (Lipinski definition) is 5. The number of nitro groups is 1. The van der Waals surface area contributed by atoms with Gasteiger partial charge in [-0.3, -0.25) is 24.3 Å². The predicted molar refractivity (Wildman–Crippen MR) is 99.3 cm³/mol. The molecule has 0 fully saturated rings. The van der Waals surface area contributed by atoms with Crippen LogP contribution in [0, 0.1) is 22.9 Å². The van der Waals surface area contributed by atoms with Crippen LogP contribution >= 0.6 is 0 Å². The summed E-state index contributed by atoms with van der Waals surface area (Å²) in [5.74, 6) is -0.399. The number of carbonyl (C=O) groups excluding carboxylic acids is 1. The van der Waals surface area contributed by atoms with E-state index in [2.05, 4.69) is 15.5 Å². The van der Waals surface area contributed by atoms with Gasteiger partial charge in [-0.05, 0) is 19.4 Å². The van der Waals surface area contributed by atoms with Crippen LogP contribution in [0.2, 0.25) is 0 Å². The van der Waals surface area contributed by atoms with Gasteiger partial charge in [0.1, 0.15) is 24.3 Å². The van der Waals surface area contributed by atoms with Crippen LogP contribution in [-0.2, 0) is 11.3 Å². The van der Waals surface area contributed by atoms with Crippen LogP contribution in [-0.4, -0.2) is 30.4 Å². The molecule has 1 amide bonds. The first-order chi connectivity index (χ1) is 13.4. The second kappa shape index (κ2) is 7.99. The molecule has 0 bridgehead atoms. The highest BCUT2D eigenvalue weighted by atomic mass is 19.1. The molecular weight excluding hydrogens is 367 g/mol. The summed E-state index contributed by atoms with van der Waals surface area (Å²) in [4.78, 5) is 22.9. The molecule has 0 radical (unpaired) electrons. The largest absolute Gasteiger partial charge is 0.307 e. The van der Waals surface area contributed by atoms with E-state index in [1.165, 1.54) is 16.9 Å². The Morgan fingerprint density at radius 1 is 1.39 bits per heavy atom. The summed E-state index contributed by atoms with van der Waals surface area (Å²) in [5, 5.41) is 21.7. The molecule has 0 spiro atoms. The van der Waals surface area contributed by atoms with E-state index >= 15 is 0 Å². The standard InChI is InChI=1S/C18H19FN6O3/c1-3-16(24-11-14(9-20-24)25(27)28)18(26)21-17-8-12(2)23(22-17)10-13-6-4-5-7-15(13)19/h4-9,11,16H,3,10H2,1-2H3,(H,21,22,26). The second-order valence-electron chi connectivity index (χ2n) is 6.27. The van der Waals surface area contributed by atoms with E-state index < -0.39 is 16.9 Å². The summed E-state index contributed by atoms with van der Waals surface area (Å²) < 4.78 is 16.7. The van der Waals surface area contributed by atoms with Crippen LogP contribution in [0.4, 0.5) is 15.9 Å².